The van der Waals surface area contributed by atoms with Crippen LogP contribution in [0.2, 0.25) is 0 Å². The molecule has 0 radical (unpaired) electrons. The molecule has 21 heavy (non-hydrogen) atoms. The van der Waals surface area contributed by atoms with Gasteiger partial charge in [-0.1, -0.05) is 30.7 Å². The lowest BCUT2D eigenvalue weighted by Crippen LogP contribution is -2.43. The second-order valence-electron chi connectivity index (χ2n) is 5.32. The van der Waals surface area contributed by atoms with E-state index in [9.17, 15) is 0 Å². The molecule has 0 saturated carbocycles. The predicted octanol–water partition coefficient (Wildman–Crippen LogP) is 4.13. The third-order valence-corrected chi connectivity index (χ3v) is 3.85. The van der Waals surface area contributed by atoms with Gasteiger partial charge in [0.25, 0.3) is 0 Å². The van der Waals surface area contributed by atoms with E-state index < -0.39 is 0 Å². The molecule has 2 heterocycles. The van der Waals surface area contributed by atoms with E-state index in [0.717, 1.165) is 18.8 Å². The maximum Gasteiger partial charge on any atom is 0.0662 e. The smallest absolute Gasteiger partial charge is 0.0662 e. The number of hydrogen-bond acceptors (Lipinski definition) is 3. The maximum atomic E-state index is 4.58. The zero-order chi connectivity index (χ0) is 13.1. The zero-order valence-electron chi connectivity index (χ0n) is 12.3. The summed E-state index contributed by atoms with van der Waals surface area (Å²) in [4.78, 5) is 4.58. The zero-order valence-corrected chi connectivity index (χ0v) is 13.9. The SMILES string of the molecule is CC(NN1CCCCC1)c1nccc2ccccc12.Cl.Cl. The second-order valence-corrected chi connectivity index (χ2v) is 5.32. The standard InChI is InChI=1S/C16H21N3.2ClH/c1-13(18-19-11-5-2-6-12-19)16-15-8-4-3-7-14(15)9-10-17-16;;/h3-4,7-10,13,18H,2,5-6,11-12H2,1H3;2*1H. The highest BCUT2D eigenvalue weighted by Crippen LogP contribution is 2.22. The number of nitrogens with zero attached hydrogens (tertiary/aromatic N) is 2. The van der Waals surface area contributed by atoms with Crippen molar-refractivity contribution < 1.29 is 0 Å². The number of hydrogen-bond donors (Lipinski definition) is 1. The van der Waals surface area contributed by atoms with E-state index in [1.807, 2.05) is 6.20 Å². The molecule has 0 aliphatic carbocycles. The number of piperidine rings is 1. The molecule has 1 aliphatic heterocycles. The molecule has 1 aromatic carbocycles. The molecule has 1 fully saturated rings. The van der Waals surface area contributed by atoms with Gasteiger partial charge in [-0.3, -0.25) is 4.98 Å². The molecule has 0 bridgehead atoms. The molecule has 116 valence electrons. The van der Waals surface area contributed by atoms with Crippen LogP contribution in [-0.2, 0) is 0 Å². The number of pyridine rings is 1. The first-order chi connectivity index (χ1) is 9.34. The van der Waals surface area contributed by atoms with Gasteiger partial charge < -0.3 is 0 Å². The highest BCUT2D eigenvalue weighted by Gasteiger charge is 2.16. The van der Waals surface area contributed by atoms with Crippen LogP contribution < -0.4 is 5.43 Å². The molecule has 1 aliphatic rings. The Kier molecular flexibility index (Phi) is 7.40. The van der Waals surface area contributed by atoms with Gasteiger partial charge in [-0.25, -0.2) is 10.4 Å². The largest absolute Gasteiger partial charge is 0.259 e. The summed E-state index contributed by atoms with van der Waals surface area (Å²) >= 11 is 0. The van der Waals surface area contributed by atoms with Crippen LogP contribution in [0.1, 0.15) is 37.9 Å². The number of fused-ring (bicyclic) bond motifs is 1. The number of aromatic nitrogens is 1. The van der Waals surface area contributed by atoms with Crippen LogP contribution in [0.4, 0.5) is 0 Å². The minimum absolute atomic E-state index is 0. The van der Waals surface area contributed by atoms with Crippen molar-refractivity contribution in [2.75, 3.05) is 13.1 Å². The summed E-state index contributed by atoms with van der Waals surface area (Å²) in [5.74, 6) is 0. The first-order valence-corrected chi connectivity index (χ1v) is 7.19. The molecule has 3 nitrogen and oxygen atoms in total. The lowest BCUT2D eigenvalue weighted by Gasteiger charge is -2.30. The predicted molar refractivity (Wildman–Crippen MR) is 93.2 cm³/mol. The van der Waals surface area contributed by atoms with Crippen LogP contribution in [0.5, 0.6) is 0 Å². The molecule has 5 heteroatoms. The van der Waals surface area contributed by atoms with Crippen LogP contribution in [0.25, 0.3) is 10.8 Å². The van der Waals surface area contributed by atoms with E-state index in [4.69, 9.17) is 0 Å². The lowest BCUT2D eigenvalue weighted by atomic mass is 10.1. The third-order valence-electron chi connectivity index (χ3n) is 3.85. The Morgan fingerprint density at radius 3 is 2.52 bits per heavy atom. The molecule has 1 aromatic heterocycles. The fourth-order valence-electron chi connectivity index (χ4n) is 2.85. The normalized spacial score (nSPS) is 16.8. The molecule has 1 N–H and O–H groups in total. The Bertz CT molecular complexity index is 551. The Hall–Kier alpha value is -0.870. The van der Waals surface area contributed by atoms with Gasteiger partial charge in [-0.05, 0) is 31.2 Å². The first kappa shape index (κ1) is 18.2. The van der Waals surface area contributed by atoms with Crippen molar-refractivity contribution in [3.8, 4) is 0 Å². The van der Waals surface area contributed by atoms with Crippen molar-refractivity contribution in [1.82, 2.24) is 15.4 Å². The number of halogens is 2. The average Bonchev–Trinajstić information content (AvgIpc) is 2.47. The monoisotopic (exact) mass is 327 g/mol. The van der Waals surface area contributed by atoms with Crippen LogP contribution in [0.15, 0.2) is 36.5 Å². The summed E-state index contributed by atoms with van der Waals surface area (Å²) < 4.78 is 0. The van der Waals surface area contributed by atoms with E-state index in [0.29, 0.717) is 0 Å². The number of rotatable bonds is 3. The maximum absolute atomic E-state index is 4.58. The van der Waals surface area contributed by atoms with E-state index in [1.165, 1.54) is 30.0 Å². The first-order valence-electron chi connectivity index (χ1n) is 7.19. The molecule has 0 amide bonds. The molecule has 3 rings (SSSR count). The molecule has 0 spiro atoms. The molecular weight excluding hydrogens is 305 g/mol. The average molecular weight is 328 g/mol. The summed E-state index contributed by atoms with van der Waals surface area (Å²) in [5, 5.41) is 4.86. The van der Waals surface area contributed by atoms with E-state index in [1.54, 1.807) is 0 Å². The quantitative estimate of drug-likeness (QED) is 0.918. The third kappa shape index (κ3) is 4.30. The Morgan fingerprint density at radius 2 is 1.76 bits per heavy atom. The van der Waals surface area contributed by atoms with E-state index in [2.05, 4.69) is 52.7 Å². The molecule has 1 unspecified atom stereocenters. The van der Waals surface area contributed by atoms with Crippen LogP contribution >= 0.6 is 24.8 Å². The Morgan fingerprint density at radius 1 is 1.05 bits per heavy atom. The van der Waals surface area contributed by atoms with Crippen molar-refractivity contribution in [1.29, 1.82) is 0 Å². The summed E-state index contributed by atoms with van der Waals surface area (Å²) in [7, 11) is 0. The van der Waals surface area contributed by atoms with Crippen molar-refractivity contribution in [3.05, 3.63) is 42.2 Å². The van der Waals surface area contributed by atoms with Gasteiger partial charge in [-0.15, -0.1) is 24.8 Å². The Balaban J connectivity index is 0.00000110. The van der Waals surface area contributed by atoms with Gasteiger partial charge in [0.15, 0.2) is 0 Å². The fraction of sp³-hybridized carbons (Fsp3) is 0.438. The van der Waals surface area contributed by atoms with Crippen molar-refractivity contribution in [2.24, 2.45) is 0 Å². The van der Waals surface area contributed by atoms with Gasteiger partial charge in [-0.2, -0.15) is 0 Å². The molecular formula is C16H23Cl2N3. The van der Waals surface area contributed by atoms with Crippen LogP contribution in [-0.4, -0.2) is 23.1 Å². The van der Waals surface area contributed by atoms with E-state index >= 15 is 0 Å². The van der Waals surface area contributed by atoms with Gasteiger partial charge in [0.1, 0.15) is 0 Å². The summed E-state index contributed by atoms with van der Waals surface area (Å²) in [5.41, 5.74) is 4.74. The fourth-order valence-corrected chi connectivity index (χ4v) is 2.85. The molecule has 1 atom stereocenters. The van der Waals surface area contributed by atoms with Gasteiger partial charge in [0.2, 0.25) is 0 Å². The number of nitrogens with one attached hydrogen (secondary N) is 1. The lowest BCUT2D eigenvalue weighted by molar-refractivity contribution is 0.132. The van der Waals surface area contributed by atoms with Crippen molar-refractivity contribution in [2.45, 2.75) is 32.2 Å². The van der Waals surface area contributed by atoms with Gasteiger partial charge in [0, 0.05) is 24.7 Å². The van der Waals surface area contributed by atoms with Crippen LogP contribution in [0.3, 0.4) is 0 Å². The minimum Gasteiger partial charge on any atom is -0.259 e. The van der Waals surface area contributed by atoms with Gasteiger partial charge >= 0.3 is 0 Å². The van der Waals surface area contributed by atoms with E-state index in [-0.39, 0.29) is 30.9 Å². The summed E-state index contributed by atoms with van der Waals surface area (Å²) in [6, 6.07) is 10.8. The minimum atomic E-state index is 0. The highest BCUT2D eigenvalue weighted by molar-refractivity contribution is 5.86. The van der Waals surface area contributed by atoms with Crippen molar-refractivity contribution >= 4 is 35.6 Å². The van der Waals surface area contributed by atoms with Crippen molar-refractivity contribution in [3.63, 3.8) is 0 Å². The van der Waals surface area contributed by atoms with Crippen LogP contribution in [0, 0.1) is 0 Å². The number of hydrazine groups is 1. The molecule has 1 saturated heterocycles. The second kappa shape index (κ2) is 8.54. The summed E-state index contributed by atoms with van der Waals surface area (Å²) in [6.07, 6.45) is 5.86. The topological polar surface area (TPSA) is 28.2 Å². The molecule has 2 aromatic rings. The van der Waals surface area contributed by atoms with Gasteiger partial charge in [0.05, 0.1) is 11.7 Å². The number of benzene rings is 1. The Labute approximate surface area is 138 Å². The summed E-state index contributed by atoms with van der Waals surface area (Å²) in [6.45, 7) is 4.49. The highest BCUT2D eigenvalue weighted by atomic mass is 35.5.